The normalized spacial score (nSPS) is 9.67. The van der Waals surface area contributed by atoms with E-state index in [0.29, 0.717) is 11.4 Å². The average Bonchev–Trinajstić information content (AvgIpc) is 2.64. The highest BCUT2D eigenvalue weighted by atomic mass is 16.1. The highest BCUT2D eigenvalue weighted by molar-refractivity contribution is 5.81. The summed E-state index contributed by atoms with van der Waals surface area (Å²) in [5.41, 5.74) is 2.65. The van der Waals surface area contributed by atoms with Gasteiger partial charge in [0.15, 0.2) is 0 Å². The number of nitrogens with zero attached hydrogens (tertiary/aromatic N) is 4. The van der Waals surface area contributed by atoms with Gasteiger partial charge in [0.25, 0.3) is 0 Å². The molecule has 0 aliphatic heterocycles. The molecule has 1 aromatic heterocycles. The Morgan fingerprint density at radius 2 is 1.00 bits per heavy atom. The van der Waals surface area contributed by atoms with Crippen LogP contribution in [0, 0.1) is 0 Å². The zero-order valence-electron chi connectivity index (χ0n) is 12.4. The number of carbonyl (C=O) groups excluding carboxylic acids is 2. The van der Waals surface area contributed by atoms with Crippen molar-refractivity contribution in [3.63, 3.8) is 0 Å². The van der Waals surface area contributed by atoms with Crippen molar-refractivity contribution in [3.05, 3.63) is 60.7 Å². The fourth-order valence-electron chi connectivity index (χ4n) is 2.25. The number of hydrogen-bond acceptors (Lipinski definition) is 6. The molecule has 0 aliphatic carbocycles. The molecule has 3 aromatic rings. The summed E-state index contributed by atoms with van der Waals surface area (Å²) in [6.07, 6.45) is 2.81. The van der Waals surface area contributed by atoms with Crippen LogP contribution < -0.4 is 0 Å². The van der Waals surface area contributed by atoms with Gasteiger partial charge >= 0.3 is 0 Å². The third-order valence-corrected chi connectivity index (χ3v) is 3.26. The molecule has 0 fully saturated rings. The van der Waals surface area contributed by atoms with Gasteiger partial charge in [0.05, 0.1) is 11.4 Å². The Bertz CT molecular complexity index is 879. The van der Waals surface area contributed by atoms with Gasteiger partial charge in [-0.3, -0.25) is 0 Å². The van der Waals surface area contributed by atoms with Crippen LogP contribution in [0.5, 0.6) is 0 Å². The zero-order valence-corrected chi connectivity index (χ0v) is 12.4. The van der Waals surface area contributed by atoms with Gasteiger partial charge in [0.1, 0.15) is 0 Å². The summed E-state index contributed by atoms with van der Waals surface area (Å²) in [5, 5.41) is 0. The second-order valence-corrected chi connectivity index (χ2v) is 4.71. The van der Waals surface area contributed by atoms with E-state index in [0.717, 1.165) is 11.1 Å². The predicted molar refractivity (Wildman–Crippen MR) is 88.5 cm³/mol. The maximum Gasteiger partial charge on any atom is 0.242 e. The topological polar surface area (TPSA) is 84.6 Å². The van der Waals surface area contributed by atoms with Crippen LogP contribution in [0.2, 0.25) is 0 Å². The summed E-state index contributed by atoms with van der Waals surface area (Å²) in [4.78, 5) is 37.0. The zero-order chi connectivity index (χ0) is 16.8. The number of aliphatic imine (C=N–C) groups is 2. The maximum absolute atomic E-state index is 10.6. The third-order valence-electron chi connectivity index (χ3n) is 3.26. The largest absolute Gasteiger partial charge is 0.242 e. The lowest BCUT2D eigenvalue weighted by Gasteiger charge is -2.10. The summed E-state index contributed by atoms with van der Waals surface area (Å²) >= 11 is 0. The van der Waals surface area contributed by atoms with Crippen molar-refractivity contribution < 1.29 is 9.59 Å². The molecule has 1 heterocycles. The molecule has 114 valence electrons. The molecule has 0 amide bonds. The smallest absolute Gasteiger partial charge is 0.222 e. The SMILES string of the molecule is O=C=Nc1nc(-c2ccccc2)c(-c2ccccc2)nc1N=C=O. The molecule has 0 radical (unpaired) electrons. The van der Waals surface area contributed by atoms with E-state index >= 15 is 0 Å². The first-order valence-corrected chi connectivity index (χ1v) is 7.02. The van der Waals surface area contributed by atoms with Gasteiger partial charge in [0.2, 0.25) is 23.8 Å². The molecule has 24 heavy (non-hydrogen) atoms. The molecular weight excluding hydrogens is 304 g/mol. The first-order chi connectivity index (χ1) is 11.8. The minimum Gasteiger partial charge on any atom is -0.222 e. The molecule has 0 saturated carbocycles. The molecule has 0 bridgehead atoms. The minimum atomic E-state index is -0.0770. The lowest BCUT2D eigenvalue weighted by molar-refractivity contribution is 0.564. The van der Waals surface area contributed by atoms with Crippen LogP contribution in [0.3, 0.4) is 0 Å². The molecule has 0 N–H and O–H groups in total. The summed E-state index contributed by atoms with van der Waals surface area (Å²) in [6, 6.07) is 18.7. The molecule has 6 heteroatoms. The number of hydrogen-bond donors (Lipinski definition) is 0. The number of rotatable bonds is 4. The highest BCUT2D eigenvalue weighted by Gasteiger charge is 2.16. The summed E-state index contributed by atoms with van der Waals surface area (Å²) in [6.45, 7) is 0. The van der Waals surface area contributed by atoms with E-state index in [4.69, 9.17) is 0 Å². The molecule has 0 saturated heterocycles. The summed E-state index contributed by atoms with van der Waals surface area (Å²) < 4.78 is 0. The first kappa shape index (κ1) is 15.2. The maximum atomic E-state index is 10.6. The molecule has 0 unspecified atom stereocenters. The van der Waals surface area contributed by atoms with Gasteiger partial charge in [-0.1, -0.05) is 60.7 Å². The summed E-state index contributed by atoms with van der Waals surface area (Å²) in [7, 11) is 0. The molecule has 6 nitrogen and oxygen atoms in total. The van der Waals surface area contributed by atoms with Crippen LogP contribution in [-0.4, -0.2) is 22.1 Å². The second kappa shape index (κ2) is 7.03. The van der Waals surface area contributed by atoms with Gasteiger partial charge in [-0.25, -0.2) is 19.6 Å². The van der Waals surface area contributed by atoms with Crippen molar-refractivity contribution in [2.24, 2.45) is 9.98 Å². The Balaban J connectivity index is 2.34. The lowest BCUT2D eigenvalue weighted by atomic mass is 10.0. The Morgan fingerprint density at radius 1 is 0.625 bits per heavy atom. The Labute approximate surface area is 137 Å². The fourth-order valence-corrected chi connectivity index (χ4v) is 2.25. The Kier molecular flexibility index (Phi) is 4.45. The van der Waals surface area contributed by atoms with E-state index in [1.54, 1.807) is 0 Å². The number of aromatic nitrogens is 2. The molecule has 2 aromatic carbocycles. The van der Waals surface area contributed by atoms with Crippen molar-refractivity contribution in [1.29, 1.82) is 0 Å². The Hall–Kier alpha value is -3.72. The molecular formula is C18H10N4O2. The van der Waals surface area contributed by atoms with Gasteiger partial charge in [-0.2, -0.15) is 0 Å². The molecule has 0 aliphatic rings. The molecule has 3 rings (SSSR count). The van der Waals surface area contributed by atoms with E-state index in [2.05, 4.69) is 20.0 Å². The van der Waals surface area contributed by atoms with E-state index in [-0.39, 0.29) is 11.6 Å². The quantitative estimate of drug-likeness (QED) is 0.542. The van der Waals surface area contributed by atoms with Gasteiger partial charge < -0.3 is 0 Å². The number of isocyanates is 2. The van der Waals surface area contributed by atoms with Crippen molar-refractivity contribution in [3.8, 4) is 22.5 Å². The van der Waals surface area contributed by atoms with Crippen LogP contribution in [0.25, 0.3) is 22.5 Å². The second-order valence-electron chi connectivity index (χ2n) is 4.71. The molecule has 0 spiro atoms. The Morgan fingerprint density at radius 3 is 1.33 bits per heavy atom. The van der Waals surface area contributed by atoms with Gasteiger partial charge in [0, 0.05) is 11.1 Å². The van der Waals surface area contributed by atoms with Crippen LogP contribution in [0.15, 0.2) is 70.6 Å². The van der Waals surface area contributed by atoms with Gasteiger partial charge in [-0.05, 0) is 0 Å². The highest BCUT2D eigenvalue weighted by Crippen LogP contribution is 2.34. The van der Waals surface area contributed by atoms with Crippen molar-refractivity contribution >= 4 is 23.8 Å². The summed E-state index contributed by atoms with van der Waals surface area (Å²) in [5.74, 6) is -0.154. The third kappa shape index (κ3) is 3.05. The number of benzene rings is 2. The van der Waals surface area contributed by atoms with Crippen LogP contribution in [0.1, 0.15) is 0 Å². The van der Waals surface area contributed by atoms with Crippen LogP contribution in [-0.2, 0) is 9.59 Å². The predicted octanol–water partition coefficient (Wildman–Crippen LogP) is 3.75. The van der Waals surface area contributed by atoms with E-state index in [1.807, 2.05) is 60.7 Å². The fraction of sp³-hybridized carbons (Fsp3) is 0. The lowest BCUT2D eigenvalue weighted by Crippen LogP contribution is -1.94. The van der Waals surface area contributed by atoms with E-state index < -0.39 is 0 Å². The van der Waals surface area contributed by atoms with E-state index in [1.165, 1.54) is 12.2 Å². The first-order valence-electron chi connectivity index (χ1n) is 7.02. The van der Waals surface area contributed by atoms with Crippen molar-refractivity contribution in [2.45, 2.75) is 0 Å². The average molecular weight is 314 g/mol. The van der Waals surface area contributed by atoms with Crippen molar-refractivity contribution in [1.82, 2.24) is 9.97 Å². The van der Waals surface area contributed by atoms with Crippen LogP contribution in [0.4, 0.5) is 11.6 Å². The standard InChI is InChI=1S/C18H10N4O2/c23-11-19-17-18(20-12-24)22-16(14-9-5-2-6-10-14)15(21-17)13-7-3-1-4-8-13/h1-10H. The monoisotopic (exact) mass is 314 g/mol. The van der Waals surface area contributed by atoms with Crippen LogP contribution >= 0.6 is 0 Å². The van der Waals surface area contributed by atoms with Gasteiger partial charge in [-0.15, -0.1) is 9.98 Å². The van der Waals surface area contributed by atoms with E-state index in [9.17, 15) is 9.59 Å². The minimum absolute atomic E-state index is 0.0770. The molecule has 0 atom stereocenters. The van der Waals surface area contributed by atoms with Crippen molar-refractivity contribution in [2.75, 3.05) is 0 Å².